The van der Waals surface area contributed by atoms with E-state index in [1.54, 1.807) is 4.90 Å². The zero-order chi connectivity index (χ0) is 15.2. The SMILES string of the molecule is COc1ccc(F)cc1C(=O)N(C)C1CCCCCCC1. The van der Waals surface area contributed by atoms with Crippen molar-refractivity contribution in [2.24, 2.45) is 0 Å². The molecule has 0 radical (unpaired) electrons. The number of amides is 1. The van der Waals surface area contributed by atoms with E-state index in [0.717, 1.165) is 25.7 Å². The van der Waals surface area contributed by atoms with Crippen LogP contribution in [0.25, 0.3) is 0 Å². The minimum absolute atomic E-state index is 0.156. The molecule has 0 atom stereocenters. The number of hydrogen-bond acceptors (Lipinski definition) is 2. The number of halogens is 1. The van der Waals surface area contributed by atoms with Gasteiger partial charge in [0.05, 0.1) is 12.7 Å². The maximum atomic E-state index is 13.4. The van der Waals surface area contributed by atoms with E-state index in [2.05, 4.69) is 0 Å². The third kappa shape index (κ3) is 3.96. The summed E-state index contributed by atoms with van der Waals surface area (Å²) < 4.78 is 18.6. The number of ether oxygens (including phenoxy) is 1. The van der Waals surface area contributed by atoms with Crippen molar-refractivity contribution in [3.05, 3.63) is 29.6 Å². The van der Waals surface area contributed by atoms with Gasteiger partial charge in [0.1, 0.15) is 11.6 Å². The van der Waals surface area contributed by atoms with Gasteiger partial charge in [0, 0.05) is 13.1 Å². The van der Waals surface area contributed by atoms with E-state index in [4.69, 9.17) is 4.74 Å². The number of carbonyl (C=O) groups is 1. The van der Waals surface area contributed by atoms with Crippen molar-refractivity contribution in [1.82, 2.24) is 4.90 Å². The summed E-state index contributed by atoms with van der Waals surface area (Å²) in [6, 6.07) is 4.33. The highest BCUT2D eigenvalue weighted by Gasteiger charge is 2.24. The van der Waals surface area contributed by atoms with Gasteiger partial charge in [-0.1, -0.05) is 32.1 Å². The fourth-order valence-electron chi connectivity index (χ4n) is 3.03. The molecule has 1 aromatic rings. The van der Waals surface area contributed by atoms with E-state index >= 15 is 0 Å². The Labute approximate surface area is 126 Å². The van der Waals surface area contributed by atoms with E-state index in [-0.39, 0.29) is 11.9 Å². The van der Waals surface area contributed by atoms with E-state index in [9.17, 15) is 9.18 Å². The first-order valence-electron chi connectivity index (χ1n) is 7.74. The Balaban J connectivity index is 2.15. The fourth-order valence-corrected chi connectivity index (χ4v) is 3.03. The van der Waals surface area contributed by atoms with Gasteiger partial charge in [-0.25, -0.2) is 4.39 Å². The lowest BCUT2D eigenvalue weighted by atomic mass is 9.95. The van der Waals surface area contributed by atoms with Gasteiger partial charge < -0.3 is 9.64 Å². The van der Waals surface area contributed by atoms with Crippen molar-refractivity contribution in [3.8, 4) is 5.75 Å². The number of methoxy groups -OCH3 is 1. The predicted molar refractivity (Wildman–Crippen MR) is 81.2 cm³/mol. The molecule has 1 fully saturated rings. The van der Waals surface area contributed by atoms with Crippen LogP contribution < -0.4 is 4.74 Å². The first kappa shape index (κ1) is 15.8. The van der Waals surface area contributed by atoms with Crippen molar-refractivity contribution in [2.45, 2.75) is 51.0 Å². The van der Waals surface area contributed by atoms with Crippen molar-refractivity contribution in [1.29, 1.82) is 0 Å². The highest BCUT2D eigenvalue weighted by molar-refractivity contribution is 5.97. The Morgan fingerprint density at radius 2 is 1.81 bits per heavy atom. The largest absolute Gasteiger partial charge is 0.496 e. The lowest BCUT2D eigenvalue weighted by molar-refractivity contribution is 0.0703. The highest BCUT2D eigenvalue weighted by Crippen LogP contribution is 2.25. The standard InChI is InChI=1S/C17H24FNO2/c1-19(14-8-6-4-3-5-7-9-14)17(20)15-12-13(18)10-11-16(15)21-2/h10-12,14H,3-9H2,1-2H3. The molecule has 1 aromatic carbocycles. The second-order valence-electron chi connectivity index (χ2n) is 5.76. The van der Waals surface area contributed by atoms with Gasteiger partial charge in [-0.15, -0.1) is 0 Å². The lowest BCUT2D eigenvalue weighted by Crippen LogP contribution is -2.37. The average molecular weight is 293 g/mol. The normalized spacial score (nSPS) is 16.9. The maximum Gasteiger partial charge on any atom is 0.257 e. The van der Waals surface area contributed by atoms with Gasteiger partial charge in [-0.05, 0) is 31.0 Å². The molecule has 0 unspecified atom stereocenters. The molecule has 0 heterocycles. The van der Waals surface area contributed by atoms with Gasteiger partial charge in [0.15, 0.2) is 0 Å². The van der Waals surface area contributed by atoms with Crippen LogP contribution in [0.15, 0.2) is 18.2 Å². The Kier molecular flexibility index (Phi) is 5.59. The summed E-state index contributed by atoms with van der Waals surface area (Å²) in [6.07, 6.45) is 8.14. The number of nitrogens with zero attached hydrogens (tertiary/aromatic N) is 1. The van der Waals surface area contributed by atoms with Crippen LogP contribution >= 0.6 is 0 Å². The van der Waals surface area contributed by atoms with E-state index < -0.39 is 5.82 Å². The molecule has 0 saturated heterocycles. The molecule has 0 spiro atoms. The number of benzene rings is 1. The Morgan fingerprint density at radius 1 is 1.19 bits per heavy atom. The van der Waals surface area contributed by atoms with Crippen molar-refractivity contribution < 1.29 is 13.9 Å². The third-order valence-electron chi connectivity index (χ3n) is 4.33. The molecule has 1 saturated carbocycles. The van der Waals surface area contributed by atoms with Gasteiger partial charge in [0.2, 0.25) is 0 Å². The van der Waals surface area contributed by atoms with Crippen LogP contribution in [0.5, 0.6) is 5.75 Å². The predicted octanol–water partition coefficient (Wildman–Crippen LogP) is 4.02. The summed E-state index contributed by atoms with van der Waals surface area (Å²) in [7, 11) is 3.32. The molecule has 0 aromatic heterocycles. The fraction of sp³-hybridized carbons (Fsp3) is 0.588. The molecule has 116 valence electrons. The molecule has 1 amide bonds. The van der Waals surface area contributed by atoms with Crippen molar-refractivity contribution in [2.75, 3.05) is 14.2 Å². The summed E-state index contributed by atoms with van der Waals surface area (Å²) in [6.45, 7) is 0. The van der Waals surface area contributed by atoms with E-state index in [0.29, 0.717) is 11.3 Å². The van der Waals surface area contributed by atoms with Crippen LogP contribution in [0.2, 0.25) is 0 Å². The van der Waals surface area contributed by atoms with Crippen LogP contribution in [0.4, 0.5) is 4.39 Å². The third-order valence-corrected chi connectivity index (χ3v) is 4.33. The summed E-state index contributed by atoms with van der Waals surface area (Å²) in [5.74, 6) is -0.138. The molecular weight excluding hydrogens is 269 g/mol. The smallest absolute Gasteiger partial charge is 0.257 e. The van der Waals surface area contributed by atoms with Crippen LogP contribution in [0.3, 0.4) is 0 Å². The summed E-state index contributed by atoms with van der Waals surface area (Å²) in [5.41, 5.74) is 0.307. The van der Waals surface area contributed by atoms with Crippen molar-refractivity contribution in [3.63, 3.8) is 0 Å². The zero-order valence-electron chi connectivity index (χ0n) is 12.9. The number of carbonyl (C=O) groups excluding carboxylic acids is 1. The van der Waals surface area contributed by atoms with Crippen LogP contribution in [0, 0.1) is 5.82 Å². The van der Waals surface area contributed by atoms with Gasteiger partial charge in [-0.3, -0.25) is 4.79 Å². The Bertz CT molecular complexity index is 482. The first-order valence-corrected chi connectivity index (χ1v) is 7.74. The molecule has 1 aliphatic carbocycles. The Hall–Kier alpha value is -1.58. The highest BCUT2D eigenvalue weighted by atomic mass is 19.1. The van der Waals surface area contributed by atoms with Crippen LogP contribution in [0.1, 0.15) is 55.3 Å². The van der Waals surface area contributed by atoms with Crippen LogP contribution in [-0.4, -0.2) is 31.0 Å². The van der Waals surface area contributed by atoms with E-state index in [1.165, 1.54) is 44.6 Å². The topological polar surface area (TPSA) is 29.5 Å². The maximum absolute atomic E-state index is 13.4. The molecule has 0 N–H and O–H groups in total. The second-order valence-corrected chi connectivity index (χ2v) is 5.76. The molecule has 1 aliphatic rings. The molecule has 0 bridgehead atoms. The Morgan fingerprint density at radius 3 is 2.43 bits per heavy atom. The summed E-state index contributed by atoms with van der Waals surface area (Å²) in [4.78, 5) is 14.4. The number of hydrogen-bond donors (Lipinski definition) is 0. The minimum atomic E-state index is -0.412. The molecule has 2 rings (SSSR count). The number of rotatable bonds is 3. The molecule has 4 heteroatoms. The molecular formula is C17H24FNO2. The second kappa shape index (κ2) is 7.43. The molecule has 0 aliphatic heterocycles. The zero-order valence-corrected chi connectivity index (χ0v) is 12.9. The van der Waals surface area contributed by atoms with Crippen molar-refractivity contribution >= 4 is 5.91 Å². The molecule has 3 nitrogen and oxygen atoms in total. The quantitative estimate of drug-likeness (QED) is 0.842. The van der Waals surface area contributed by atoms with Gasteiger partial charge >= 0.3 is 0 Å². The lowest BCUT2D eigenvalue weighted by Gasteiger charge is -2.30. The monoisotopic (exact) mass is 293 g/mol. The van der Waals surface area contributed by atoms with E-state index in [1.807, 2.05) is 7.05 Å². The summed E-state index contributed by atoms with van der Waals surface area (Å²) >= 11 is 0. The average Bonchev–Trinajstić information content (AvgIpc) is 2.45. The summed E-state index contributed by atoms with van der Waals surface area (Å²) in [5, 5.41) is 0. The molecule has 21 heavy (non-hydrogen) atoms. The van der Waals surface area contributed by atoms with Gasteiger partial charge in [0.25, 0.3) is 5.91 Å². The first-order chi connectivity index (χ1) is 10.1. The minimum Gasteiger partial charge on any atom is -0.496 e. The van der Waals surface area contributed by atoms with Gasteiger partial charge in [-0.2, -0.15) is 0 Å². The van der Waals surface area contributed by atoms with Crippen LogP contribution in [-0.2, 0) is 0 Å².